The maximum absolute atomic E-state index is 13.8. The summed E-state index contributed by atoms with van der Waals surface area (Å²) in [5.74, 6) is -3.46. The van der Waals surface area contributed by atoms with Gasteiger partial charge < -0.3 is 37.6 Å². The van der Waals surface area contributed by atoms with Gasteiger partial charge in [-0.2, -0.15) is 0 Å². The molecule has 5 amide bonds. The molecule has 1 aliphatic rings. The SMILES string of the molecule is CC(=O)N[C@H]1CC(=O)NCCCC[C@@H](C(=O)N[C@@H](CCCNC(=N)N)C(=O)c2nc3ccccc3s2)NC(=O)[C@H](CC(C)C)NC1=O. The number of guanidine groups is 1. The number of ketones is 1. The van der Waals surface area contributed by atoms with Crippen LogP contribution in [0.1, 0.15) is 75.5 Å². The third kappa shape index (κ3) is 11.9. The molecular weight excluding hydrogens is 626 g/mol. The van der Waals surface area contributed by atoms with Crippen LogP contribution < -0.4 is 37.6 Å². The van der Waals surface area contributed by atoms with Crippen molar-refractivity contribution in [1.29, 1.82) is 5.41 Å². The molecule has 15 nitrogen and oxygen atoms in total. The van der Waals surface area contributed by atoms with E-state index < -0.39 is 53.7 Å². The standard InChI is InChI=1S/C31H45N9O6S/c1-17(2)15-22-28(45)38-21(10-6-7-13-34-25(42)16-23(29(46)39-22)36-18(3)41)27(44)37-20(11-8-14-35-31(32)33)26(43)30-40-19-9-4-5-12-24(19)47-30/h4-5,9,12,17,20-23H,6-8,10-11,13-16H2,1-3H3,(H,34,42)(H,36,41)(H,37,44)(H,38,45)(H,39,46)(H4,32,33,35)/t20-,21-,22-,23-/m0/s1. The van der Waals surface area contributed by atoms with Crippen molar-refractivity contribution in [1.82, 2.24) is 36.9 Å². The van der Waals surface area contributed by atoms with Crippen molar-refractivity contribution < 1.29 is 28.8 Å². The molecule has 2 heterocycles. The lowest BCUT2D eigenvalue weighted by Crippen LogP contribution is -2.58. The third-order valence-corrected chi connectivity index (χ3v) is 8.47. The number of amides is 5. The predicted molar refractivity (Wildman–Crippen MR) is 177 cm³/mol. The van der Waals surface area contributed by atoms with Crippen LogP contribution in [0.15, 0.2) is 24.3 Å². The zero-order valence-corrected chi connectivity index (χ0v) is 27.8. The quantitative estimate of drug-likeness (QED) is 0.0715. The molecule has 2 aromatic rings. The van der Waals surface area contributed by atoms with E-state index in [4.69, 9.17) is 11.1 Å². The predicted octanol–water partition coefficient (Wildman–Crippen LogP) is 0.438. The summed E-state index contributed by atoms with van der Waals surface area (Å²) >= 11 is 1.22. The van der Waals surface area contributed by atoms with E-state index in [2.05, 4.69) is 36.9 Å². The van der Waals surface area contributed by atoms with E-state index in [-0.39, 0.29) is 54.9 Å². The van der Waals surface area contributed by atoms with Crippen molar-refractivity contribution in [3.05, 3.63) is 29.3 Å². The van der Waals surface area contributed by atoms with Gasteiger partial charge in [0.1, 0.15) is 18.1 Å². The van der Waals surface area contributed by atoms with Gasteiger partial charge in [0, 0.05) is 20.0 Å². The highest BCUT2D eigenvalue weighted by molar-refractivity contribution is 7.20. The molecule has 0 aliphatic carbocycles. The van der Waals surface area contributed by atoms with Crippen LogP contribution in [0.5, 0.6) is 0 Å². The molecule has 1 saturated heterocycles. The number of aromatic nitrogens is 1. The first-order valence-corrected chi connectivity index (χ1v) is 16.6. The summed E-state index contributed by atoms with van der Waals surface area (Å²) in [7, 11) is 0. The molecule has 3 rings (SSSR count). The number of para-hydroxylation sites is 1. The molecule has 1 aliphatic heterocycles. The van der Waals surface area contributed by atoms with Gasteiger partial charge in [0.2, 0.25) is 35.3 Å². The van der Waals surface area contributed by atoms with Crippen LogP contribution in [0.2, 0.25) is 0 Å². The zero-order chi connectivity index (χ0) is 34.5. The van der Waals surface area contributed by atoms with E-state index in [0.29, 0.717) is 31.3 Å². The van der Waals surface area contributed by atoms with Crippen molar-refractivity contribution in [2.24, 2.45) is 11.7 Å². The Morgan fingerprint density at radius 2 is 1.85 bits per heavy atom. The molecule has 0 radical (unpaired) electrons. The normalized spacial score (nSPS) is 20.3. The number of Topliss-reactive ketones (excluding diaryl/α,β-unsaturated/α-hetero) is 1. The minimum absolute atomic E-state index is 0.0286. The Hall–Kier alpha value is -4.60. The molecule has 47 heavy (non-hydrogen) atoms. The fraction of sp³-hybridized carbons (Fsp3) is 0.548. The highest BCUT2D eigenvalue weighted by Gasteiger charge is 2.33. The van der Waals surface area contributed by atoms with Crippen molar-refractivity contribution in [2.45, 2.75) is 89.9 Å². The average molecular weight is 672 g/mol. The zero-order valence-electron chi connectivity index (χ0n) is 26.9. The van der Waals surface area contributed by atoms with Crippen LogP contribution >= 0.6 is 11.3 Å². The smallest absolute Gasteiger partial charge is 0.243 e. The molecule has 256 valence electrons. The van der Waals surface area contributed by atoms with E-state index in [1.54, 1.807) is 6.07 Å². The minimum Gasteiger partial charge on any atom is -0.370 e. The Morgan fingerprint density at radius 1 is 1.11 bits per heavy atom. The van der Waals surface area contributed by atoms with Crippen LogP contribution in [-0.4, -0.2) is 83.5 Å². The number of carbonyl (C=O) groups is 6. The van der Waals surface area contributed by atoms with Gasteiger partial charge in [-0.1, -0.05) is 26.0 Å². The molecule has 0 bridgehead atoms. The fourth-order valence-corrected chi connectivity index (χ4v) is 6.09. The van der Waals surface area contributed by atoms with E-state index in [1.165, 1.54) is 18.3 Å². The van der Waals surface area contributed by atoms with Gasteiger partial charge in [-0.3, -0.25) is 34.2 Å². The summed E-state index contributed by atoms with van der Waals surface area (Å²) in [6.07, 6.45) is 1.68. The Morgan fingerprint density at radius 3 is 2.53 bits per heavy atom. The Balaban J connectivity index is 1.85. The Kier molecular flexibility index (Phi) is 14.1. The lowest BCUT2D eigenvalue weighted by Gasteiger charge is -2.27. The summed E-state index contributed by atoms with van der Waals surface area (Å²) in [5.41, 5.74) is 6.05. The molecule has 4 atom stereocenters. The second kappa shape index (κ2) is 17.9. The van der Waals surface area contributed by atoms with E-state index in [0.717, 1.165) is 4.70 Å². The first-order chi connectivity index (χ1) is 22.3. The number of benzene rings is 1. The number of thiazole rings is 1. The molecule has 0 saturated carbocycles. The van der Waals surface area contributed by atoms with Crippen LogP contribution in [0.3, 0.4) is 0 Å². The number of nitrogens with zero attached hydrogens (tertiary/aromatic N) is 1. The largest absolute Gasteiger partial charge is 0.370 e. The van der Waals surface area contributed by atoms with Crippen molar-refractivity contribution in [3.63, 3.8) is 0 Å². The van der Waals surface area contributed by atoms with Crippen LogP contribution in [0.4, 0.5) is 0 Å². The van der Waals surface area contributed by atoms with Crippen molar-refractivity contribution in [3.8, 4) is 0 Å². The number of nitrogens with one attached hydrogen (secondary N) is 7. The van der Waals surface area contributed by atoms with Gasteiger partial charge in [-0.15, -0.1) is 11.3 Å². The minimum atomic E-state index is -1.19. The molecule has 1 aromatic heterocycles. The van der Waals surface area contributed by atoms with Gasteiger partial charge in [0.25, 0.3) is 0 Å². The summed E-state index contributed by atoms with van der Waals surface area (Å²) in [6.45, 7) is 5.52. The number of hydrogen-bond donors (Lipinski definition) is 8. The van der Waals surface area contributed by atoms with E-state index in [1.807, 2.05) is 32.0 Å². The summed E-state index contributed by atoms with van der Waals surface area (Å²) in [6, 6.07) is 3.03. The summed E-state index contributed by atoms with van der Waals surface area (Å²) in [4.78, 5) is 83.0. The summed E-state index contributed by atoms with van der Waals surface area (Å²) in [5, 5.41) is 23.8. The van der Waals surface area contributed by atoms with Gasteiger partial charge in [-0.25, -0.2) is 4.98 Å². The number of rotatable bonds is 11. The van der Waals surface area contributed by atoms with Crippen LogP contribution in [-0.2, 0) is 24.0 Å². The molecule has 0 spiro atoms. The van der Waals surface area contributed by atoms with Crippen molar-refractivity contribution >= 4 is 62.8 Å². The maximum Gasteiger partial charge on any atom is 0.243 e. The number of nitrogens with two attached hydrogens (primary N) is 1. The van der Waals surface area contributed by atoms with Crippen LogP contribution in [0.25, 0.3) is 10.2 Å². The lowest BCUT2D eigenvalue weighted by molar-refractivity contribution is -0.135. The Bertz CT molecular complexity index is 1430. The van der Waals surface area contributed by atoms with E-state index in [9.17, 15) is 28.8 Å². The number of hydrogen-bond acceptors (Lipinski definition) is 9. The monoisotopic (exact) mass is 671 g/mol. The first kappa shape index (κ1) is 36.9. The van der Waals surface area contributed by atoms with Gasteiger partial charge in [0.05, 0.1) is 22.7 Å². The van der Waals surface area contributed by atoms with Crippen LogP contribution in [0, 0.1) is 11.3 Å². The van der Waals surface area contributed by atoms with Gasteiger partial charge in [0.15, 0.2) is 11.0 Å². The third-order valence-electron chi connectivity index (χ3n) is 7.42. The molecule has 16 heteroatoms. The van der Waals surface area contributed by atoms with E-state index >= 15 is 0 Å². The molecular formula is C31H45N9O6S. The average Bonchev–Trinajstić information content (AvgIpc) is 3.44. The van der Waals surface area contributed by atoms with Gasteiger partial charge >= 0.3 is 0 Å². The molecule has 0 unspecified atom stereocenters. The highest BCUT2D eigenvalue weighted by atomic mass is 32.1. The maximum atomic E-state index is 13.8. The second-order valence-corrected chi connectivity index (χ2v) is 13.0. The molecule has 9 N–H and O–H groups in total. The second-order valence-electron chi connectivity index (χ2n) is 11.9. The molecule has 1 aromatic carbocycles. The first-order valence-electron chi connectivity index (χ1n) is 15.8. The topological polar surface area (TPSA) is 237 Å². The van der Waals surface area contributed by atoms with Crippen molar-refractivity contribution in [2.75, 3.05) is 13.1 Å². The number of fused-ring (bicyclic) bond motifs is 1. The number of carbonyl (C=O) groups excluding carboxylic acids is 6. The lowest BCUT2D eigenvalue weighted by atomic mass is 10.00. The molecule has 1 fully saturated rings. The van der Waals surface area contributed by atoms with Gasteiger partial charge in [-0.05, 0) is 56.6 Å². The Labute approximate surface area is 277 Å². The summed E-state index contributed by atoms with van der Waals surface area (Å²) < 4.78 is 0.823. The fourth-order valence-electron chi connectivity index (χ4n) is 5.13. The highest BCUT2D eigenvalue weighted by Crippen LogP contribution is 2.23.